The highest BCUT2D eigenvalue weighted by Gasteiger charge is 2.67. The highest BCUT2D eigenvalue weighted by molar-refractivity contribution is 5.50. The molecule has 1 aromatic carbocycles. The summed E-state index contributed by atoms with van der Waals surface area (Å²) in [5.41, 5.74) is 3.27. The van der Waals surface area contributed by atoms with Gasteiger partial charge in [0.2, 0.25) is 0 Å². The van der Waals surface area contributed by atoms with E-state index in [0.29, 0.717) is 23.2 Å². The van der Waals surface area contributed by atoms with Crippen LogP contribution < -0.4 is 0 Å². The van der Waals surface area contributed by atoms with Gasteiger partial charge in [-0.1, -0.05) is 38.1 Å². The fourth-order valence-electron chi connectivity index (χ4n) is 4.14. The van der Waals surface area contributed by atoms with E-state index in [4.69, 9.17) is 0 Å². The van der Waals surface area contributed by atoms with Crippen LogP contribution in [0, 0.1) is 11.3 Å². The van der Waals surface area contributed by atoms with Gasteiger partial charge in [-0.25, -0.2) is 0 Å². The molecule has 1 fully saturated rings. The third-order valence-electron chi connectivity index (χ3n) is 4.89. The van der Waals surface area contributed by atoms with Crippen LogP contribution in [0.5, 0.6) is 0 Å². The van der Waals surface area contributed by atoms with Crippen molar-refractivity contribution in [2.24, 2.45) is 11.3 Å². The molecule has 4 unspecified atom stereocenters. The van der Waals surface area contributed by atoms with E-state index < -0.39 is 0 Å². The van der Waals surface area contributed by atoms with Crippen LogP contribution in [0.1, 0.15) is 50.2 Å². The maximum Gasteiger partial charge on any atom is 0.0586 e. The zero-order valence-corrected chi connectivity index (χ0v) is 10.3. The largest absolute Gasteiger partial charge is 0.393 e. The van der Waals surface area contributed by atoms with Gasteiger partial charge < -0.3 is 5.11 Å². The molecule has 0 saturated heterocycles. The SMILES string of the molecule is CC(O)C1c2ccccc2C2CC21C(C)C. The minimum Gasteiger partial charge on any atom is -0.393 e. The molecular formula is C15H20O. The van der Waals surface area contributed by atoms with E-state index >= 15 is 0 Å². The van der Waals surface area contributed by atoms with Gasteiger partial charge in [-0.2, -0.15) is 0 Å². The lowest BCUT2D eigenvalue weighted by Crippen LogP contribution is -2.26. The Morgan fingerprint density at radius 2 is 1.81 bits per heavy atom. The van der Waals surface area contributed by atoms with Crippen LogP contribution in [0.4, 0.5) is 0 Å². The molecule has 1 heteroatoms. The first-order valence-corrected chi connectivity index (χ1v) is 6.36. The molecule has 0 heterocycles. The van der Waals surface area contributed by atoms with Gasteiger partial charge in [-0.3, -0.25) is 0 Å². The lowest BCUT2D eigenvalue weighted by molar-refractivity contribution is 0.108. The van der Waals surface area contributed by atoms with E-state index in [1.807, 2.05) is 6.92 Å². The Hall–Kier alpha value is -0.820. The molecule has 1 N–H and O–H groups in total. The van der Waals surface area contributed by atoms with Gasteiger partial charge in [-0.05, 0) is 41.7 Å². The fraction of sp³-hybridized carbons (Fsp3) is 0.600. The lowest BCUT2D eigenvalue weighted by atomic mass is 9.76. The normalized spacial score (nSPS) is 37.1. The van der Waals surface area contributed by atoms with E-state index in [2.05, 4.69) is 38.1 Å². The molecule has 0 aliphatic heterocycles. The maximum atomic E-state index is 10.1. The minimum atomic E-state index is -0.226. The number of aliphatic hydroxyl groups is 1. The summed E-state index contributed by atoms with van der Waals surface area (Å²) in [6.45, 7) is 6.56. The molecule has 1 aromatic rings. The molecule has 2 aliphatic rings. The first kappa shape index (κ1) is 10.3. The second-order valence-corrected chi connectivity index (χ2v) is 5.87. The highest BCUT2D eigenvalue weighted by Crippen LogP contribution is 2.76. The first-order chi connectivity index (χ1) is 7.59. The van der Waals surface area contributed by atoms with Crippen LogP contribution in [-0.4, -0.2) is 11.2 Å². The highest BCUT2D eigenvalue weighted by atomic mass is 16.3. The van der Waals surface area contributed by atoms with E-state index in [-0.39, 0.29) is 6.10 Å². The van der Waals surface area contributed by atoms with Crippen molar-refractivity contribution < 1.29 is 5.11 Å². The van der Waals surface area contributed by atoms with Crippen LogP contribution >= 0.6 is 0 Å². The van der Waals surface area contributed by atoms with Crippen molar-refractivity contribution in [2.45, 2.75) is 45.1 Å². The molecule has 1 nitrogen and oxygen atoms in total. The number of hydrogen-bond acceptors (Lipinski definition) is 1. The van der Waals surface area contributed by atoms with E-state index in [1.54, 1.807) is 0 Å². The summed E-state index contributed by atoms with van der Waals surface area (Å²) in [6, 6.07) is 8.70. The van der Waals surface area contributed by atoms with Gasteiger partial charge in [0.15, 0.2) is 0 Å². The summed E-state index contributed by atoms with van der Waals surface area (Å²) in [5, 5.41) is 10.1. The second kappa shape index (κ2) is 3.10. The molecule has 16 heavy (non-hydrogen) atoms. The lowest BCUT2D eigenvalue weighted by Gasteiger charge is -2.30. The third-order valence-corrected chi connectivity index (χ3v) is 4.89. The number of rotatable bonds is 2. The number of hydrogen-bond donors (Lipinski definition) is 1. The zero-order chi connectivity index (χ0) is 11.5. The Labute approximate surface area is 97.5 Å². The number of aliphatic hydroxyl groups excluding tert-OH is 1. The van der Waals surface area contributed by atoms with Crippen molar-refractivity contribution >= 4 is 0 Å². The van der Waals surface area contributed by atoms with Gasteiger partial charge in [0, 0.05) is 5.92 Å². The fourth-order valence-corrected chi connectivity index (χ4v) is 4.14. The Bertz CT molecular complexity index is 421. The monoisotopic (exact) mass is 216 g/mol. The Kier molecular flexibility index (Phi) is 2.00. The second-order valence-electron chi connectivity index (χ2n) is 5.87. The Morgan fingerprint density at radius 1 is 1.19 bits per heavy atom. The molecule has 2 aliphatic carbocycles. The molecule has 4 atom stereocenters. The molecule has 0 radical (unpaired) electrons. The summed E-state index contributed by atoms with van der Waals surface area (Å²) < 4.78 is 0. The molecule has 3 rings (SSSR count). The average Bonchev–Trinajstić information content (AvgIpc) is 2.90. The molecule has 1 saturated carbocycles. The number of fused-ring (bicyclic) bond motifs is 3. The van der Waals surface area contributed by atoms with Crippen molar-refractivity contribution in [3.8, 4) is 0 Å². The Balaban J connectivity index is 2.12. The summed E-state index contributed by atoms with van der Waals surface area (Å²) >= 11 is 0. The molecule has 0 aromatic heterocycles. The summed E-state index contributed by atoms with van der Waals surface area (Å²) in [4.78, 5) is 0. The van der Waals surface area contributed by atoms with Gasteiger partial charge in [-0.15, -0.1) is 0 Å². The zero-order valence-electron chi connectivity index (χ0n) is 10.3. The maximum absolute atomic E-state index is 10.1. The van der Waals surface area contributed by atoms with Crippen LogP contribution in [-0.2, 0) is 0 Å². The van der Waals surface area contributed by atoms with Crippen LogP contribution in [0.25, 0.3) is 0 Å². The van der Waals surface area contributed by atoms with E-state index in [1.165, 1.54) is 17.5 Å². The quantitative estimate of drug-likeness (QED) is 0.804. The van der Waals surface area contributed by atoms with Crippen molar-refractivity contribution in [3.63, 3.8) is 0 Å². The number of benzene rings is 1. The third kappa shape index (κ3) is 1.05. The van der Waals surface area contributed by atoms with Crippen molar-refractivity contribution in [3.05, 3.63) is 35.4 Å². The van der Waals surface area contributed by atoms with Crippen LogP contribution in [0.2, 0.25) is 0 Å². The van der Waals surface area contributed by atoms with E-state index in [9.17, 15) is 5.11 Å². The van der Waals surface area contributed by atoms with Gasteiger partial charge in [0.1, 0.15) is 0 Å². The average molecular weight is 216 g/mol. The predicted octanol–water partition coefficient (Wildman–Crippen LogP) is 3.29. The topological polar surface area (TPSA) is 20.2 Å². The molecular weight excluding hydrogens is 196 g/mol. The van der Waals surface area contributed by atoms with E-state index in [0.717, 1.165) is 0 Å². The Morgan fingerprint density at radius 3 is 2.38 bits per heavy atom. The minimum absolute atomic E-state index is 0.226. The van der Waals surface area contributed by atoms with Crippen molar-refractivity contribution in [2.75, 3.05) is 0 Å². The van der Waals surface area contributed by atoms with Crippen LogP contribution in [0.15, 0.2) is 24.3 Å². The summed E-state index contributed by atoms with van der Waals surface area (Å²) in [6.07, 6.45) is 1.05. The summed E-state index contributed by atoms with van der Waals surface area (Å²) in [7, 11) is 0. The molecule has 0 amide bonds. The van der Waals surface area contributed by atoms with Crippen molar-refractivity contribution in [1.82, 2.24) is 0 Å². The van der Waals surface area contributed by atoms with Gasteiger partial charge >= 0.3 is 0 Å². The predicted molar refractivity (Wildman–Crippen MR) is 65.5 cm³/mol. The molecule has 86 valence electrons. The standard InChI is InChI=1S/C15H20O/c1-9(2)15-8-13(15)11-6-4-5-7-12(11)14(15)10(3)16/h4-7,9-10,13-14,16H,8H2,1-3H3. The smallest absolute Gasteiger partial charge is 0.0586 e. The molecule has 0 bridgehead atoms. The summed E-state index contributed by atoms with van der Waals surface area (Å²) in [5.74, 6) is 1.72. The van der Waals surface area contributed by atoms with Crippen molar-refractivity contribution in [1.29, 1.82) is 0 Å². The van der Waals surface area contributed by atoms with Crippen LogP contribution in [0.3, 0.4) is 0 Å². The first-order valence-electron chi connectivity index (χ1n) is 6.36. The van der Waals surface area contributed by atoms with Gasteiger partial charge in [0.25, 0.3) is 0 Å². The molecule has 0 spiro atoms. The van der Waals surface area contributed by atoms with Gasteiger partial charge in [0.05, 0.1) is 6.10 Å².